The second kappa shape index (κ2) is 2.56. The molecule has 0 aromatic rings. The third-order valence-electron chi connectivity index (χ3n) is 3.36. The van der Waals surface area contributed by atoms with Crippen LogP contribution >= 0.6 is 0 Å². The van der Waals surface area contributed by atoms with Crippen molar-refractivity contribution in [1.29, 1.82) is 0 Å². The van der Waals surface area contributed by atoms with Gasteiger partial charge in [0.15, 0.2) is 0 Å². The first-order valence-corrected chi connectivity index (χ1v) is 4.88. The zero-order chi connectivity index (χ0) is 9.71. The first-order valence-electron chi connectivity index (χ1n) is 4.88. The summed E-state index contributed by atoms with van der Waals surface area (Å²) in [4.78, 5) is 22.8. The molecule has 0 saturated carbocycles. The van der Waals surface area contributed by atoms with Crippen LogP contribution in [-0.4, -0.2) is 11.9 Å². The molecule has 0 radical (unpaired) electrons. The zero-order valence-electron chi connectivity index (χ0n) is 7.60. The van der Waals surface area contributed by atoms with Gasteiger partial charge >= 0.3 is 11.9 Å². The first kappa shape index (κ1) is 7.97. The molecule has 1 saturated heterocycles. The van der Waals surface area contributed by atoms with Crippen molar-refractivity contribution >= 4 is 11.9 Å². The zero-order valence-corrected chi connectivity index (χ0v) is 7.60. The van der Waals surface area contributed by atoms with Crippen molar-refractivity contribution in [3.63, 3.8) is 0 Å². The molecule has 1 fully saturated rings. The van der Waals surface area contributed by atoms with Crippen LogP contribution in [0.2, 0.25) is 0 Å². The quantitative estimate of drug-likeness (QED) is 0.327. The third kappa shape index (κ3) is 0.870. The minimum Gasteiger partial charge on any atom is -0.393 e. The van der Waals surface area contributed by atoms with Gasteiger partial charge in [0.1, 0.15) is 0 Å². The summed E-state index contributed by atoms with van der Waals surface area (Å²) in [6.45, 7) is 0. The van der Waals surface area contributed by atoms with Gasteiger partial charge in [0.2, 0.25) is 0 Å². The fraction of sp³-hybridized carbons (Fsp3) is 0.455. The molecule has 0 aromatic carbocycles. The van der Waals surface area contributed by atoms with Crippen molar-refractivity contribution < 1.29 is 14.3 Å². The smallest absolute Gasteiger partial charge is 0.318 e. The topological polar surface area (TPSA) is 43.4 Å². The molecule has 3 atom stereocenters. The molecular weight excluding hydrogens is 180 g/mol. The molecule has 0 aromatic heterocycles. The Labute approximate surface area is 81.4 Å². The Balaban J connectivity index is 2.03. The molecule has 3 heteroatoms. The van der Waals surface area contributed by atoms with E-state index in [1.54, 1.807) is 0 Å². The molecule has 2 aliphatic carbocycles. The minimum absolute atomic E-state index is 0.132. The van der Waals surface area contributed by atoms with Crippen LogP contribution in [0.5, 0.6) is 0 Å². The van der Waals surface area contributed by atoms with E-state index >= 15 is 0 Å². The van der Waals surface area contributed by atoms with Crippen molar-refractivity contribution in [2.45, 2.75) is 12.8 Å². The summed E-state index contributed by atoms with van der Waals surface area (Å²) in [5.74, 6) is -0.995. The maximum atomic E-state index is 11.5. The number of carbonyl (C=O) groups excluding carboxylic acids is 2. The molecule has 3 nitrogen and oxygen atoms in total. The van der Waals surface area contributed by atoms with Crippen LogP contribution in [0.15, 0.2) is 23.8 Å². The van der Waals surface area contributed by atoms with Crippen LogP contribution in [0.1, 0.15) is 12.8 Å². The number of fused-ring (bicyclic) bond motifs is 3. The molecule has 1 heterocycles. The van der Waals surface area contributed by atoms with Gasteiger partial charge in [0.25, 0.3) is 0 Å². The van der Waals surface area contributed by atoms with Crippen LogP contribution < -0.4 is 0 Å². The lowest BCUT2D eigenvalue weighted by molar-refractivity contribution is -0.153. The van der Waals surface area contributed by atoms with E-state index in [0.717, 1.165) is 6.42 Å². The van der Waals surface area contributed by atoms with Crippen molar-refractivity contribution in [2.75, 3.05) is 0 Å². The molecule has 72 valence electrons. The maximum absolute atomic E-state index is 11.5. The van der Waals surface area contributed by atoms with E-state index in [2.05, 4.69) is 16.9 Å². The van der Waals surface area contributed by atoms with Crippen LogP contribution in [0.3, 0.4) is 0 Å². The Morgan fingerprint density at radius 1 is 1.29 bits per heavy atom. The molecule has 14 heavy (non-hydrogen) atoms. The fourth-order valence-corrected chi connectivity index (χ4v) is 2.65. The maximum Gasteiger partial charge on any atom is 0.318 e. The number of hydrogen-bond donors (Lipinski definition) is 0. The second-order valence-electron chi connectivity index (χ2n) is 4.05. The largest absolute Gasteiger partial charge is 0.393 e. The molecule has 0 spiro atoms. The summed E-state index contributed by atoms with van der Waals surface area (Å²) in [5, 5.41) is 0. The number of hydrogen-bond acceptors (Lipinski definition) is 3. The van der Waals surface area contributed by atoms with E-state index in [0.29, 0.717) is 6.42 Å². The molecule has 0 amide bonds. The standard InChI is InChI=1S/C11H10O3/c12-10-8-5-4-6-2-1-3-7(6)9(8)11(13)14-10/h1,3-4,7-9H,2,5H2/t7?,8-,9+/m1/s1. The highest BCUT2D eigenvalue weighted by molar-refractivity contribution is 5.97. The van der Waals surface area contributed by atoms with Gasteiger partial charge in [-0.15, -0.1) is 0 Å². The average molecular weight is 190 g/mol. The fourth-order valence-electron chi connectivity index (χ4n) is 2.65. The normalized spacial score (nSPS) is 39.1. The Kier molecular flexibility index (Phi) is 1.46. The van der Waals surface area contributed by atoms with E-state index in [4.69, 9.17) is 0 Å². The van der Waals surface area contributed by atoms with Crippen molar-refractivity contribution in [1.82, 2.24) is 0 Å². The van der Waals surface area contributed by atoms with Crippen molar-refractivity contribution in [3.05, 3.63) is 23.8 Å². The van der Waals surface area contributed by atoms with Gasteiger partial charge in [-0.25, -0.2) is 0 Å². The van der Waals surface area contributed by atoms with Gasteiger partial charge in [0, 0.05) is 5.92 Å². The predicted molar refractivity (Wildman–Crippen MR) is 48.0 cm³/mol. The predicted octanol–water partition coefficient (Wildman–Crippen LogP) is 1.21. The Morgan fingerprint density at radius 2 is 2.14 bits per heavy atom. The summed E-state index contributed by atoms with van der Waals surface area (Å²) in [7, 11) is 0. The molecular formula is C11H10O3. The second-order valence-corrected chi connectivity index (χ2v) is 4.05. The van der Waals surface area contributed by atoms with E-state index < -0.39 is 0 Å². The number of rotatable bonds is 0. The third-order valence-corrected chi connectivity index (χ3v) is 3.36. The van der Waals surface area contributed by atoms with Gasteiger partial charge in [-0.3, -0.25) is 9.59 Å². The first-order chi connectivity index (χ1) is 6.77. The average Bonchev–Trinajstić information content (AvgIpc) is 2.71. The Morgan fingerprint density at radius 3 is 3.00 bits per heavy atom. The Bertz CT molecular complexity index is 378. The lowest BCUT2D eigenvalue weighted by atomic mass is 9.74. The van der Waals surface area contributed by atoms with Crippen LogP contribution in [0.25, 0.3) is 0 Å². The SMILES string of the molecule is O=C1OC(=O)[C@H]2C3C=CCC3=CC[C@@H]12. The van der Waals surface area contributed by atoms with E-state index in [1.165, 1.54) is 5.57 Å². The summed E-state index contributed by atoms with van der Waals surface area (Å²) >= 11 is 0. The molecule has 3 rings (SSSR count). The number of esters is 2. The molecule has 1 aliphatic heterocycles. The highest BCUT2D eigenvalue weighted by Gasteiger charge is 2.50. The summed E-state index contributed by atoms with van der Waals surface area (Å²) in [5.41, 5.74) is 1.28. The summed E-state index contributed by atoms with van der Waals surface area (Å²) < 4.78 is 4.67. The monoisotopic (exact) mass is 190 g/mol. The number of carbonyl (C=O) groups is 2. The number of ether oxygens (including phenoxy) is 1. The van der Waals surface area contributed by atoms with Crippen LogP contribution in [0, 0.1) is 17.8 Å². The van der Waals surface area contributed by atoms with Gasteiger partial charge in [-0.2, -0.15) is 0 Å². The molecule has 0 bridgehead atoms. The van der Waals surface area contributed by atoms with Gasteiger partial charge in [-0.05, 0) is 12.8 Å². The van der Waals surface area contributed by atoms with Crippen LogP contribution in [-0.2, 0) is 14.3 Å². The van der Waals surface area contributed by atoms with Crippen molar-refractivity contribution in [3.8, 4) is 0 Å². The lowest BCUT2D eigenvalue weighted by Gasteiger charge is -2.24. The molecule has 0 N–H and O–H groups in total. The highest BCUT2D eigenvalue weighted by atomic mass is 16.6. The summed E-state index contributed by atoms with van der Waals surface area (Å²) in [6.07, 6.45) is 7.78. The van der Waals surface area contributed by atoms with E-state index in [-0.39, 0.29) is 29.7 Å². The summed E-state index contributed by atoms with van der Waals surface area (Å²) in [6, 6.07) is 0. The molecule has 1 unspecified atom stereocenters. The number of cyclic esters (lactones) is 2. The van der Waals surface area contributed by atoms with Crippen LogP contribution in [0.4, 0.5) is 0 Å². The Hall–Kier alpha value is -1.38. The minimum atomic E-state index is -0.337. The van der Waals surface area contributed by atoms with Gasteiger partial charge in [-0.1, -0.05) is 23.8 Å². The van der Waals surface area contributed by atoms with E-state index in [1.807, 2.05) is 6.08 Å². The molecule has 3 aliphatic rings. The van der Waals surface area contributed by atoms with E-state index in [9.17, 15) is 9.59 Å². The highest BCUT2D eigenvalue weighted by Crippen LogP contribution is 2.44. The lowest BCUT2D eigenvalue weighted by Crippen LogP contribution is -2.28. The van der Waals surface area contributed by atoms with Crippen molar-refractivity contribution in [2.24, 2.45) is 17.8 Å². The van der Waals surface area contributed by atoms with Gasteiger partial charge < -0.3 is 4.74 Å². The van der Waals surface area contributed by atoms with Gasteiger partial charge in [0.05, 0.1) is 11.8 Å². The number of allylic oxidation sites excluding steroid dienone is 4.